The molecule has 1 unspecified atom stereocenters. The Balaban J connectivity index is 3.83. The third-order valence-electron chi connectivity index (χ3n) is 1.97. The Hall–Kier alpha value is -0.570. The quantitative estimate of drug-likeness (QED) is 0.619. The van der Waals surface area contributed by atoms with Gasteiger partial charge in [-0.05, 0) is 26.2 Å². The van der Waals surface area contributed by atoms with Crippen molar-refractivity contribution in [2.45, 2.75) is 39.5 Å². The maximum atomic E-state index is 11.3. The summed E-state index contributed by atoms with van der Waals surface area (Å²) in [4.78, 5) is 11.3. The highest BCUT2D eigenvalue weighted by molar-refractivity contribution is 5.72. The molecule has 0 radical (unpaired) electrons. The largest absolute Gasteiger partial charge is 0.466 e. The van der Waals surface area contributed by atoms with Crippen molar-refractivity contribution in [1.82, 2.24) is 0 Å². The summed E-state index contributed by atoms with van der Waals surface area (Å²) < 4.78 is 4.93. The van der Waals surface area contributed by atoms with Gasteiger partial charge in [0.05, 0.1) is 12.5 Å². The molecule has 0 saturated heterocycles. The van der Waals surface area contributed by atoms with E-state index in [9.17, 15) is 4.79 Å². The van der Waals surface area contributed by atoms with E-state index in [0.717, 1.165) is 19.3 Å². The molecule has 13 heavy (non-hydrogen) atoms. The van der Waals surface area contributed by atoms with E-state index in [4.69, 9.17) is 9.84 Å². The zero-order valence-electron chi connectivity index (χ0n) is 8.58. The van der Waals surface area contributed by atoms with E-state index in [1.807, 2.05) is 13.8 Å². The Morgan fingerprint density at radius 2 is 2.08 bits per heavy atom. The first-order chi connectivity index (χ1) is 6.26. The van der Waals surface area contributed by atoms with Crippen molar-refractivity contribution in [3.63, 3.8) is 0 Å². The number of carbonyl (C=O) groups is 1. The molecule has 0 fully saturated rings. The molecule has 0 aromatic rings. The van der Waals surface area contributed by atoms with Gasteiger partial charge in [0, 0.05) is 6.61 Å². The molecule has 3 nitrogen and oxygen atoms in total. The molecule has 0 aliphatic carbocycles. The fourth-order valence-corrected chi connectivity index (χ4v) is 1.33. The molecule has 0 amide bonds. The van der Waals surface area contributed by atoms with E-state index in [1.165, 1.54) is 0 Å². The molecule has 78 valence electrons. The summed E-state index contributed by atoms with van der Waals surface area (Å²) in [6.07, 6.45) is 3.26. The van der Waals surface area contributed by atoms with E-state index in [2.05, 4.69) is 0 Å². The van der Waals surface area contributed by atoms with Gasteiger partial charge < -0.3 is 9.84 Å². The van der Waals surface area contributed by atoms with Crippen LogP contribution in [0.3, 0.4) is 0 Å². The minimum Gasteiger partial charge on any atom is -0.466 e. The van der Waals surface area contributed by atoms with Crippen molar-refractivity contribution in [2.75, 3.05) is 13.2 Å². The highest BCUT2D eigenvalue weighted by Gasteiger charge is 2.17. The highest BCUT2D eigenvalue weighted by atomic mass is 16.5. The SMILES string of the molecule is CCCC(CCCO)C(=O)OCC. The Morgan fingerprint density at radius 1 is 1.38 bits per heavy atom. The van der Waals surface area contributed by atoms with Gasteiger partial charge in [-0.2, -0.15) is 0 Å². The van der Waals surface area contributed by atoms with Gasteiger partial charge in [-0.3, -0.25) is 4.79 Å². The molecule has 0 rings (SSSR count). The van der Waals surface area contributed by atoms with Crippen LogP contribution in [0, 0.1) is 5.92 Å². The highest BCUT2D eigenvalue weighted by Crippen LogP contribution is 2.15. The van der Waals surface area contributed by atoms with Crippen molar-refractivity contribution in [1.29, 1.82) is 0 Å². The molecular formula is C10H20O3. The molecule has 0 aromatic carbocycles. The summed E-state index contributed by atoms with van der Waals surface area (Å²) in [5, 5.41) is 8.64. The number of esters is 1. The molecule has 0 bridgehead atoms. The second kappa shape index (κ2) is 8.05. The Bertz CT molecular complexity index is 134. The molecule has 0 aliphatic heterocycles. The molecule has 0 aliphatic rings. The molecule has 1 N–H and O–H groups in total. The summed E-state index contributed by atoms with van der Waals surface area (Å²) >= 11 is 0. The van der Waals surface area contributed by atoms with Crippen LogP contribution in [0.15, 0.2) is 0 Å². The number of rotatable bonds is 7. The fraction of sp³-hybridized carbons (Fsp3) is 0.900. The normalized spacial score (nSPS) is 12.5. The summed E-state index contributed by atoms with van der Waals surface area (Å²) in [6, 6.07) is 0. The van der Waals surface area contributed by atoms with Gasteiger partial charge in [0.25, 0.3) is 0 Å². The molecule has 0 heterocycles. The maximum absolute atomic E-state index is 11.3. The Labute approximate surface area is 80.1 Å². The van der Waals surface area contributed by atoms with Gasteiger partial charge in [0.1, 0.15) is 0 Å². The second-order valence-electron chi connectivity index (χ2n) is 3.10. The number of aliphatic hydroxyl groups is 1. The van der Waals surface area contributed by atoms with Crippen LogP contribution in [0.5, 0.6) is 0 Å². The lowest BCUT2D eigenvalue weighted by atomic mass is 9.98. The minimum atomic E-state index is -0.113. The van der Waals surface area contributed by atoms with Gasteiger partial charge in [0.15, 0.2) is 0 Å². The zero-order chi connectivity index (χ0) is 10.1. The van der Waals surface area contributed by atoms with Crippen LogP contribution in [0.4, 0.5) is 0 Å². The van der Waals surface area contributed by atoms with E-state index in [-0.39, 0.29) is 18.5 Å². The van der Waals surface area contributed by atoms with Crippen LogP contribution in [0.25, 0.3) is 0 Å². The monoisotopic (exact) mass is 188 g/mol. The standard InChI is InChI=1S/C10H20O3/c1-3-6-9(7-5-8-11)10(12)13-4-2/h9,11H,3-8H2,1-2H3. The van der Waals surface area contributed by atoms with Crippen molar-refractivity contribution in [3.8, 4) is 0 Å². The predicted octanol–water partition coefficient (Wildman–Crippen LogP) is 1.74. The molecule has 0 aromatic heterocycles. The Morgan fingerprint density at radius 3 is 2.54 bits per heavy atom. The number of aliphatic hydroxyl groups excluding tert-OH is 1. The van der Waals surface area contributed by atoms with E-state index in [0.29, 0.717) is 13.0 Å². The third kappa shape index (κ3) is 5.64. The smallest absolute Gasteiger partial charge is 0.308 e. The van der Waals surface area contributed by atoms with Crippen LogP contribution < -0.4 is 0 Å². The Kier molecular flexibility index (Phi) is 7.69. The number of hydrogen-bond acceptors (Lipinski definition) is 3. The average molecular weight is 188 g/mol. The third-order valence-corrected chi connectivity index (χ3v) is 1.97. The number of ether oxygens (including phenoxy) is 1. The second-order valence-corrected chi connectivity index (χ2v) is 3.10. The molecule has 0 spiro atoms. The van der Waals surface area contributed by atoms with E-state index < -0.39 is 0 Å². The predicted molar refractivity (Wildman–Crippen MR) is 51.4 cm³/mol. The number of carbonyl (C=O) groups excluding carboxylic acids is 1. The van der Waals surface area contributed by atoms with Crippen LogP contribution in [-0.4, -0.2) is 24.3 Å². The van der Waals surface area contributed by atoms with Crippen LogP contribution in [-0.2, 0) is 9.53 Å². The van der Waals surface area contributed by atoms with Gasteiger partial charge in [-0.25, -0.2) is 0 Å². The lowest BCUT2D eigenvalue weighted by molar-refractivity contribution is -0.148. The van der Waals surface area contributed by atoms with Crippen molar-refractivity contribution < 1.29 is 14.6 Å². The topological polar surface area (TPSA) is 46.5 Å². The maximum Gasteiger partial charge on any atom is 0.308 e. The van der Waals surface area contributed by atoms with Gasteiger partial charge in [-0.15, -0.1) is 0 Å². The van der Waals surface area contributed by atoms with Crippen LogP contribution in [0.2, 0.25) is 0 Å². The van der Waals surface area contributed by atoms with Crippen LogP contribution in [0.1, 0.15) is 39.5 Å². The average Bonchev–Trinajstić information content (AvgIpc) is 2.12. The van der Waals surface area contributed by atoms with E-state index >= 15 is 0 Å². The zero-order valence-corrected chi connectivity index (χ0v) is 8.58. The van der Waals surface area contributed by atoms with Gasteiger partial charge in [0.2, 0.25) is 0 Å². The summed E-state index contributed by atoms with van der Waals surface area (Å²) in [7, 11) is 0. The van der Waals surface area contributed by atoms with Crippen molar-refractivity contribution in [2.24, 2.45) is 5.92 Å². The van der Waals surface area contributed by atoms with Crippen molar-refractivity contribution >= 4 is 5.97 Å². The van der Waals surface area contributed by atoms with Crippen LogP contribution >= 0.6 is 0 Å². The first-order valence-electron chi connectivity index (χ1n) is 5.03. The molecular weight excluding hydrogens is 168 g/mol. The summed E-state index contributed by atoms with van der Waals surface area (Å²) in [6.45, 7) is 4.45. The first-order valence-corrected chi connectivity index (χ1v) is 5.03. The van der Waals surface area contributed by atoms with E-state index in [1.54, 1.807) is 0 Å². The lowest BCUT2D eigenvalue weighted by Crippen LogP contribution is -2.18. The molecule has 0 saturated carbocycles. The van der Waals surface area contributed by atoms with Crippen molar-refractivity contribution in [3.05, 3.63) is 0 Å². The first kappa shape index (κ1) is 12.4. The number of hydrogen-bond donors (Lipinski definition) is 1. The lowest BCUT2D eigenvalue weighted by Gasteiger charge is -2.13. The molecule has 1 atom stereocenters. The summed E-state index contributed by atoms with van der Waals surface area (Å²) in [5.41, 5.74) is 0. The summed E-state index contributed by atoms with van der Waals surface area (Å²) in [5.74, 6) is -0.130. The fourth-order valence-electron chi connectivity index (χ4n) is 1.33. The van der Waals surface area contributed by atoms with Gasteiger partial charge >= 0.3 is 5.97 Å². The molecule has 3 heteroatoms. The minimum absolute atomic E-state index is 0.0166. The van der Waals surface area contributed by atoms with Gasteiger partial charge in [-0.1, -0.05) is 13.3 Å².